The van der Waals surface area contributed by atoms with Gasteiger partial charge in [-0.05, 0) is 38.3 Å². The van der Waals surface area contributed by atoms with Gasteiger partial charge in [0.1, 0.15) is 0 Å². The highest BCUT2D eigenvalue weighted by Gasteiger charge is 2.29. The highest BCUT2D eigenvalue weighted by Crippen LogP contribution is 2.18. The van der Waals surface area contributed by atoms with Crippen molar-refractivity contribution in [2.45, 2.75) is 19.3 Å². The van der Waals surface area contributed by atoms with Crippen molar-refractivity contribution in [2.24, 2.45) is 11.8 Å². The molecule has 2 N–H and O–H groups in total. The molecule has 1 unspecified atom stereocenters. The molecular weight excluding hydrogens is 240 g/mol. The maximum absolute atomic E-state index is 11.8. The number of sulfone groups is 1. The van der Waals surface area contributed by atoms with Gasteiger partial charge in [0.05, 0.1) is 11.5 Å². The normalized spacial score (nSPS) is 29.1. The smallest absolute Gasteiger partial charge is 0.223 e. The molecule has 2 rings (SSSR count). The molecule has 2 saturated heterocycles. The van der Waals surface area contributed by atoms with Crippen LogP contribution in [0.1, 0.15) is 19.3 Å². The first-order valence-electron chi connectivity index (χ1n) is 6.26. The third kappa shape index (κ3) is 3.67. The second-order valence-electron chi connectivity index (χ2n) is 5.04. The molecule has 0 saturated carbocycles. The number of hydrogen-bond donors (Lipinski definition) is 2. The summed E-state index contributed by atoms with van der Waals surface area (Å²) in [5.41, 5.74) is 0. The van der Waals surface area contributed by atoms with Gasteiger partial charge in [-0.2, -0.15) is 0 Å². The van der Waals surface area contributed by atoms with Crippen LogP contribution in [0.25, 0.3) is 0 Å². The Bertz CT molecular complexity index is 374. The predicted octanol–water partition coefficient (Wildman–Crippen LogP) is -0.463. The second-order valence-corrected chi connectivity index (χ2v) is 7.27. The van der Waals surface area contributed by atoms with Crippen molar-refractivity contribution in [2.75, 3.05) is 31.1 Å². The highest BCUT2D eigenvalue weighted by atomic mass is 32.2. The van der Waals surface area contributed by atoms with Crippen LogP contribution in [0.3, 0.4) is 0 Å². The van der Waals surface area contributed by atoms with Crippen LogP contribution in [0.5, 0.6) is 0 Å². The van der Waals surface area contributed by atoms with E-state index >= 15 is 0 Å². The maximum Gasteiger partial charge on any atom is 0.223 e. The Labute approximate surface area is 102 Å². The van der Waals surface area contributed by atoms with E-state index in [0.717, 1.165) is 25.9 Å². The summed E-state index contributed by atoms with van der Waals surface area (Å²) in [5.74, 6) is 0.830. The second kappa shape index (κ2) is 5.35. The monoisotopic (exact) mass is 260 g/mol. The fourth-order valence-electron chi connectivity index (χ4n) is 2.51. The number of piperidine rings is 1. The van der Waals surface area contributed by atoms with E-state index in [2.05, 4.69) is 10.6 Å². The van der Waals surface area contributed by atoms with Crippen molar-refractivity contribution in [3.63, 3.8) is 0 Å². The topological polar surface area (TPSA) is 75.3 Å². The zero-order chi connectivity index (χ0) is 12.3. The van der Waals surface area contributed by atoms with Gasteiger partial charge in [0.15, 0.2) is 9.84 Å². The Morgan fingerprint density at radius 3 is 2.53 bits per heavy atom. The van der Waals surface area contributed by atoms with Gasteiger partial charge in [0, 0.05) is 12.5 Å². The lowest BCUT2D eigenvalue weighted by Crippen LogP contribution is -2.40. The number of carbonyl (C=O) groups is 1. The third-order valence-corrected chi connectivity index (χ3v) is 5.44. The molecule has 0 radical (unpaired) electrons. The molecule has 1 amide bonds. The maximum atomic E-state index is 11.8. The van der Waals surface area contributed by atoms with Crippen molar-refractivity contribution in [3.8, 4) is 0 Å². The van der Waals surface area contributed by atoms with Gasteiger partial charge in [-0.15, -0.1) is 0 Å². The molecule has 2 aliphatic rings. The molecule has 0 spiro atoms. The highest BCUT2D eigenvalue weighted by molar-refractivity contribution is 7.91. The van der Waals surface area contributed by atoms with Gasteiger partial charge < -0.3 is 10.6 Å². The standard InChI is InChI=1S/C11H20N2O3S/c14-11(10-1-4-12-5-2-10)13-7-9-3-6-17(15,16)8-9/h9-10,12H,1-8H2,(H,13,14). The van der Waals surface area contributed by atoms with Crippen molar-refractivity contribution in [1.29, 1.82) is 0 Å². The molecule has 0 bridgehead atoms. The summed E-state index contributed by atoms with van der Waals surface area (Å²) in [6, 6.07) is 0. The number of rotatable bonds is 3. The van der Waals surface area contributed by atoms with Crippen molar-refractivity contribution in [3.05, 3.63) is 0 Å². The van der Waals surface area contributed by atoms with Crippen LogP contribution in [0.2, 0.25) is 0 Å². The van der Waals surface area contributed by atoms with E-state index in [1.54, 1.807) is 0 Å². The van der Waals surface area contributed by atoms with E-state index in [9.17, 15) is 13.2 Å². The summed E-state index contributed by atoms with van der Waals surface area (Å²) in [6.07, 6.45) is 2.46. The van der Waals surface area contributed by atoms with Crippen LogP contribution < -0.4 is 10.6 Å². The molecule has 98 valence electrons. The predicted molar refractivity (Wildman–Crippen MR) is 65.4 cm³/mol. The minimum Gasteiger partial charge on any atom is -0.356 e. The van der Waals surface area contributed by atoms with Crippen molar-refractivity contribution < 1.29 is 13.2 Å². The molecule has 0 aromatic carbocycles. The number of amides is 1. The summed E-state index contributed by atoms with van der Waals surface area (Å²) in [4.78, 5) is 11.8. The minimum absolute atomic E-state index is 0.0933. The van der Waals surface area contributed by atoms with Crippen LogP contribution >= 0.6 is 0 Å². The van der Waals surface area contributed by atoms with E-state index in [1.165, 1.54) is 0 Å². The lowest BCUT2D eigenvalue weighted by atomic mass is 9.97. The van der Waals surface area contributed by atoms with Crippen LogP contribution in [-0.2, 0) is 14.6 Å². The van der Waals surface area contributed by atoms with Crippen LogP contribution in [-0.4, -0.2) is 45.5 Å². The van der Waals surface area contributed by atoms with Gasteiger partial charge in [-0.3, -0.25) is 4.79 Å². The summed E-state index contributed by atoms with van der Waals surface area (Å²) >= 11 is 0. The van der Waals surface area contributed by atoms with E-state index in [1.807, 2.05) is 0 Å². The van der Waals surface area contributed by atoms with E-state index < -0.39 is 9.84 Å². The summed E-state index contributed by atoms with van der Waals surface area (Å²) in [6.45, 7) is 2.31. The van der Waals surface area contributed by atoms with Gasteiger partial charge in [-0.25, -0.2) is 8.42 Å². The molecule has 2 fully saturated rings. The summed E-state index contributed by atoms with van der Waals surface area (Å²) in [5, 5.41) is 6.12. The molecule has 2 heterocycles. The molecule has 17 heavy (non-hydrogen) atoms. The average Bonchev–Trinajstić information content (AvgIpc) is 2.67. The van der Waals surface area contributed by atoms with Crippen molar-refractivity contribution in [1.82, 2.24) is 10.6 Å². The lowest BCUT2D eigenvalue weighted by molar-refractivity contribution is -0.125. The first-order valence-corrected chi connectivity index (χ1v) is 8.08. The Balaban J connectivity index is 1.73. The average molecular weight is 260 g/mol. The zero-order valence-corrected chi connectivity index (χ0v) is 10.8. The fraction of sp³-hybridized carbons (Fsp3) is 0.909. The van der Waals surface area contributed by atoms with Gasteiger partial charge in [0.2, 0.25) is 5.91 Å². The molecule has 2 aliphatic heterocycles. The van der Waals surface area contributed by atoms with Gasteiger partial charge in [-0.1, -0.05) is 0 Å². The minimum atomic E-state index is -2.83. The summed E-state index contributed by atoms with van der Waals surface area (Å²) in [7, 11) is -2.83. The van der Waals surface area contributed by atoms with Crippen LogP contribution in [0, 0.1) is 11.8 Å². The third-order valence-electron chi connectivity index (χ3n) is 3.60. The molecule has 0 aromatic rings. The number of nitrogens with one attached hydrogen (secondary N) is 2. The first-order chi connectivity index (χ1) is 8.07. The number of carbonyl (C=O) groups excluding carboxylic acids is 1. The first kappa shape index (κ1) is 12.8. The van der Waals surface area contributed by atoms with E-state index in [-0.39, 0.29) is 29.2 Å². The zero-order valence-electron chi connectivity index (χ0n) is 9.94. The Morgan fingerprint density at radius 1 is 1.24 bits per heavy atom. The number of hydrogen-bond acceptors (Lipinski definition) is 4. The molecule has 0 aliphatic carbocycles. The van der Waals surface area contributed by atoms with E-state index in [4.69, 9.17) is 0 Å². The van der Waals surface area contributed by atoms with Gasteiger partial charge in [0.25, 0.3) is 0 Å². The largest absolute Gasteiger partial charge is 0.356 e. The van der Waals surface area contributed by atoms with Crippen LogP contribution in [0.4, 0.5) is 0 Å². The van der Waals surface area contributed by atoms with Crippen molar-refractivity contribution >= 4 is 15.7 Å². The van der Waals surface area contributed by atoms with Crippen LogP contribution in [0.15, 0.2) is 0 Å². The van der Waals surface area contributed by atoms with E-state index in [0.29, 0.717) is 13.0 Å². The van der Waals surface area contributed by atoms with Gasteiger partial charge >= 0.3 is 0 Å². The Morgan fingerprint density at radius 2 is 1.94 bits per heavy atom. The Hall–Kier alpha value is -0.620. The fourth-order valence-corrected chi connectivity index (χ4v) is 4.37. The Kier molecular flexibility index (Phi) is 4.04. The lowest BCUT2D eigenvalue weighted by Gasteiger charge is -2.22. The SMILES string of the molecule is O=C(NCC1CCS(=O)(=O)C1)C1CCNCC1. The molecular formula is C11H20N2O3S. The molecule has 0 aromatic heterocycles. The molecule has 5 nitrogen and oxygen atoms in total. The molecule has 1 atom stereocenters. The summed E-state index contributed by atoms with van der Waals surface area (Å²) < 4.78 is 22.5. The molecule has 6 heteroatoms. The quantitative estimate of drug-likeness (QED) is 0.720.